The van der Waals surface area contributed by atoms with Gasteiger partial charge >= 0.3 is 0 Å². The van der Waals surface area contributed by atoms with Crippen LogP contribution in [0.2, 0.25) is 0 Å². The fraction of sp³-hybridized carbons (Fsp3) is 0.692. The van der Waals surface area contributed by atoms with Crippen molar-refractivity contribution in [1.82, 2.24) is 14.9 Å². The highest BCUT2D eigenvalue weighted by atomic mass is 16.5. The zero-order chi connectivity index (χ0) is 14.0. The summed E-state index contributed by atoms with van der Waals surface area (Å²) in [5.74, 6) is 0.383. The number of methoxy groups -OCH3 is 1. The molecule has 0 aromatic carbocycles. The van der Waals surface area contributed by atoms with Crippen LogP contribution in [0.1, 0.15) is 20.8 Å². The van der Waals surface area contributed by atoms with Crippen LogP contribution in [0.25, 0.3) is 0 Å². The maximum absolute atomic E-state index is 12.4. The summed E-state index contributed by atoms with van der Waals surface area (Å²) in [7, 11) is 1.68. The lowest BCUT2D eigenvalue weighted by Gasteiger charge is -2.24. The molecule has 1 aromatic heterocycles. The number of nitrogens with one attached hydrogen (secondary N) is 2. The molecule has 1 aliphatic rings. The van der Waals surface area contributed by atoms with Gasteiger partial charge in [0, 0.05) is 38.1 Å². The normalized spacial score (nSPS) is 23.6. The quantitative estimate of drug-likeness (QED) is 0.829. The van der Waals surface area contributed by atoms with E-state index in [4.69, 9.17) is 4.74 Å². The summed E-state index contributed by atoms with van der Waals surface area (Å²) in [6.45, 7) is 7.53. The van der Waals surface area contributed by atoms with Crippen LogP contribution in [-0.2, 0) is 10.3 Å². The van der Waals surface area contributed by atoms with Crippen LogP contribution in [0.4, 0.5) is 5.82 Å². The Labute approximate surface area is 113 Å². The van der Waals surface area contributed by atoms with Crippen LogP contribution in [0, 0.1) is 0 Å². The lowest BCUT2D eigenvalue weighted by Crippen LogP contribution is -2.40. The van der Waals surface area contributed by atoms with E-state index in [-0.39, 0.29) is 23.2 Å². The topological polar surface area (TPSA) is 68.2 Å². The Balaban J connectivity index is 2.24. The van der Waals surface area contributed by atoms with Crippen LogP contribution in [0.15, 0.2) is 17.2 Å². The van der Waals surface area contributed by atoms with Crippen LogP contribution >= 0.6 is 0 Å². The van der Waals surface area contributed by atoms with Gasteiger partial charge in [-0.25, -0.2) is 4.98 Å². The minimum atomic E-state index is -0.259. The summed E-state index contributed by atoms with van der Waals surface area (Å²) in [5, 5.41) is 6.42. The van der Waals surface area contributed by atoms with E-state index in [9.17, 15) is 4.79 Å². The molecule has 2 heterocycles. The van der Waals surface area contributed by atoms with Crippen molar-refractivity contribution in [2.45, 2.75) is 38.5 Å². The predicted octanol–water partition coefficient (Wildman–Crippen LogP) is 0.397. The smallest absolute Gasteiger partial charge is 0.293 e. The van der Waals surface area contributed by atoms with Gasteiger partial charge in [0.1, 0.15) is 0 Å². The molecule has 2 N–H and O–H groups in total. The number of ether oxygens (including phenoxy) is 1. The van der Waals surface area contributed by atoms with Crippen molar-refractivity contribution >= 4 is 5.82 Å². The summed E-state index contributed by atoms with van der Waals surface area (Å²) in [6.07, 6.45) is 3.43. The van der Waals surface area contributed by atoms with E-state index in [1.54, 1.807) is 24.1 Å². The lowest BCUT2D eigenvalue weighted by molar-refractivity contribution is 0.111. The van der Waals surface area contributed by atoms with Crippen LogP contribution in [0.5, 0.6) is 0 Å². The highest BCUT2D eigenvalue weighted by Gasteiger charge is 2.28. The van der Waals surface area contributed by atoms with Crippen molar-refractivity contribution in [3.05, 3.63) is 22.7 Å². The van der Waals surface area contributed by atoms with Crippen LogP contribution < -0.4 is 16.2 Å². The zero-order valence-electron chi connectivity index (χ0n) is 11.9. The average Bonchev–Trinajstić information content (AvgIpc) is 2.77. The molecule has 1 fully saturated rings. The Bertz CT molecular complexity index is 492. The second-order valence-corrected chi connectivity index (χ2v) is 5.81. The van der Waals surface area contributed by atoms with E-state index in [0.717, 1.165) is 13.1 Å². The first-order valence-electron chi connectivity index (χ1n) is 6.51. The molecule has 1 unspecified atom stereocenters. The van der Waals surface area contributed by atoms with Crippen molar-refractivity contribution < 1.29 is 4.74 Å². The van der Waals surface area contributed by atoms with Gasteiger partial charge in [0.05, 0.1) is 12.1 Å². The van der Waals surface area contributed by atoms with E-state index in [1.807, 2.05) is 20.8 Å². The second kappa shape index (κ2) is 5.30. The minimum Gasteiger partial charge on any atom is -0.378 e. The molecule has 0 amide bonds. The first-order chi connectivity index (χ1) is 8.93. The second-order valence-electron chi connectivity index (χ2n) is 5.81. The van der Waals surface area contributed by atoms with Crippen molar-refractivity contribution in [1.29, 1.82) is 0 Å². The molecular formula is C13H22N4O2. The van der Waals surface area contributed by atoms with E-state index in [0.29, 0.717) is 5.82 Å². The lowest BCUT2D eigenvalue weighted by atomic mass is 10.1. The first-order valence-corrected chi connectivity index (χ1v) is 6.51. The highest BCUT2D eigenvalue weighted by molar-refractivity contribution is 5.34. The van der Waals surface area contributed by atoms with E-state index in [1.165, 1.54) is 0 Å². The van der Waals surface area contributed by atoms with Crippen LogP contribution in [0.3, 0.4) is 0 Å². The number of aromatic nitrogens is 2. The predicted molar refractivity (Wildman–Crippen MR) is 74.6 cm³/mol. The minimum absolute atomic E-state index is 0.0597. The Morgan fingerprint density at radius 3 is 2.84 bits per heavy atom. The number of hydrogen-bond donors (Lipinski definition) is 2. The van der Waals surface area contributed by atoms with Crippen LogP contribution in [-0.4, -0.2) is 41.9 Å². The number of anilines is 1. The van der Waals surface area contributed by atoms with Crippen molar-refractivity contribution in [2.75, 3.05) is 25.5 Å². The molecule has 1 aliphatic heterocycles. The Hall–Kier alpha value is -1.40. The van der Waals surface area contributed by atoms with Gasteiger partial charge in [0.2, 0.25) is 0 Å². The highest BCUT2D eigenvalue weighted by Crippen LogP contribution is 2.12. The molecule has 6 nitrogen and oxygen atoms in total. The molecule has 6 heteroatoms. The molecular weight excluding hydrogens is 244 g/mol. The van der Waals surface area contributed by atoms with Gasteiger partial charge in [-0.15, -0.1) is 0 Å². The summed E-state index contributed by atoms with van der Waals surface area (Å²) in [6, 6.07) is 0.0704. The maximum Gasteiger partial charge on any atom is 0.293 e. The van der Waals surface area contributed by atoms with E-state index in [2.05, 4.69) is 15.6 Å². The third kappa shape index (κ3) is 2.96. The molecule has 19 heavy (non-hydrogen) atoms. The maximum atomic E-state index is 12.4. The monoisotopic (exact) mass is 266 g/mol. The van der Waals surface area contributed by atoms with Crippen molar-refractivity contribution in [2.24, 2.45) is 0 Å². The van der Waals surface area contributed by atoms with E-state index >= 15 is 0 Å². The SMILES string of the molecule is CO[C@H]1CNCC1Nc1nccn(C(C)(C)C)c1=O. The summed E-state index contributed by atoms with van der Waals surface area (Å²) >= 11 is 0. The summed E-state index contributed by atoms with van der Waals surface area (Å²) in [4.78, 5) is 16.5. The average molecular weight is 266 g/mol. The molecule has 2 atom stereocenters. The molecule has 106 valence electrons. The first kappa shape index (κ1) is 14.0. The summed E-state index contributed by atoms with van der Waals surface area (Å²) in [5.41, 5.74) is -0.359. The van der Waals surface area contributed by atoms with Gasteiger partial charge in [-0.3, -0.25) is 4.79 Å². The molecule has 0 spiro atoms. The molecule has 1 aromatic rings. The fourth-order valence-corrected chi connectivity index (χ4v) is 2.26. The van der Waals surface area contributed by atoms with Gasteiger partial charge in [0.25, 0.3) is 5.56 Å². The van der Waals surface area contributed by atoms with Gasteiger partial charge < -0.3 is 19.9 Å². The third-order valence-corrected chi connectivity index (χ3v) is 3.35. The largest absolute Gasteiger partial charge is 0.378 e. The fourth-order valence-electron chi connectivity index (χ4n) is 2.26. The van der Waals surface area contributed by atoms with Gasteiger partial charge in [-0.2, -0.15) is 0 Å². The standard InChI is InChI=1S/C13H22N4O2/c1-13(2,3)17-6-5-15-11(12(17)18)16-9-7-14-8-10(9)19-4/h5-6,9-10,14H,7-8H2,1-4H3,(H,15,16)/t9?,10-/m0/s1. The molecule has 2 rings (SSSR count). The molecule has 0 aliphatic carbocycles. The molecule has 1 saturated heterocycles. The van der Waals surface area contributed by atoms with Gasteiger partial charge in [-0.05, 0) is 20.8 Å². The summed E-state index contributed by atoms with van der Waals surface area (Å²) < 4.78 is 7.06. The Morgan fingerprint density at radius 2 is 2.21 bits per heavy atom. The number of hydrogen-bond acceptors (Lipinski definition) is 5. The molecule has 0 saturated carbocycles. The molecule has 0 radical (unpaired) electrons. The number of rotatable bonds is 3. The van der Waals surface area contributed by atoms with E-state index < -0.39 is 0 Å². The molecule has 0 bridgehead atoms. The zero-order valence-corrected chi connectivity index (χ0v) is 11.9. The van der Waals surface area contributed by atoms with Gasteiger partial charge in [-0.1, -0.05) is 0 Å². The van der Waals surface area contributed by atoms with Crippen molar-refractivity contribution in [3.8, 4) is 0 Å². The Kier molecular flexibility index (Phi) is 3.91. The van der Waals surface area contributed by atoms with Crippen molar-refractivity contribution in [3.63, 3.8) is 0 Å². The number of nitrogens with zero attached hydrogens (tertiary/aromatic N) is 2. The van der Waals surface area contributed by atoms with Gasteiger partial charge in [0.15, 0.2) is 5.82 Å². The third-order valence-electron chi connectivity index (χ3n) is 3.35. The Morgan fingerprint density at radius 1 is 1.47 bits per heavy atom.